The molecule has 0 bridgehead atoms. The van der Waals surface area contributed by atoms with Gasteiger partial charge in [0.25, 0.3) is 11.8 Å². The molecule has 0 aliphatic heterocycles. The Hall–Kier alpha value is -2.71. The molecular formula is C18H20N2O5S. The Morgan fingerprint density at radius 1 is 1.00 bits per heavy atom. The number of rotatable bonds is 7. The Morgan fingerprint density at radius 3 is 2.12 bits per heavy atom. The van der Waals surface area contributed by atoms with Crippen LogP contribution in [0.15, 0.2) is 54.6 Å². The molecule has 1 unspecified atom stereocenters. The van der Waals surface area contributed by atoms with E-state index in [-0.39, 0.29) is 18.9 Å². The summed E-state index contributed by atoms with van der Waals surface area (Å²) in [5.41, 5.74) is 3.76. The van der Waals surface area contributed by atoms with Crippen molar-refractivity contribution in [2.24, 2.45) is 0 Å². The Kier molecular flexibility index (Phi) is 6.48. The second-order valence-corrected chi connectivity index (χ2v) is 8.01. The van der Waals surface area contributed by atoms with Crippen molar-refractivity contribution in [3.63, 3.8) is 0 Å². The average molecular weight is 376 g/mol. The molecule has 26 heavy (non-hydrogen) atoms. The van der Waals surface area contributed by atoms with E-state index >= 15 is 0 Å². The van der Waals surface area contributed by atoms with Gasteiger partial charge in [-0.2, -0.15) is 0 Å². The van der Waals surface area contributed by atoms with Gasteiger partial charge in [-0.3, -0.25) is 14.8 Å². The zero-order valence-corrected chi connectivity index (χ0v) is 15.0. The maximum Gasteiger partial charge on any atom is 0.261 e. The van der Waals surface area contributed by atoms with Gasteiger partial charge in [-0.15, -0.1) is 0 Å². The maximum atomic E-state index is 12.2. The fraction of sp³-hybridized carbons (Fsp3) is 0.222. The fourth-order valence-corrected chi connectivity index (χ4v) is 3.46. The van der Waals surface area contributed by atoms with Crippen molar-refractivity contribution >= 4 is 21.7 Å². The number of sulfone groups is 1. The van der Waals surface area contributed by atoms with Gasteiger partial charge in [0.15, 0.2) is 9.84 Å². The van der Waals surface area contributed by atoms with E-state index in [0.717, 1.165) is 17.4 Å². The van der Waals surface area contributed by atoms with Crippen LogP contribution in [0.25, 0.3) is 11.1 Å². The molecule has 138 valence electrons. The molecule has 2 rings (SSSR count). The largest absolute Gasteiger partial charge is 0.352 e. The summed E-state index contributed by atoms with van der Waals surface area (Å²) in [6.07, 6.45) is 0.760. The van der Waals surface area contributed by atoms with E-state index in [9.17, 15) is 18.0 Å². The predicted molar refractivity (Wildman–Crippen MR) is 97.4 cm³/mol. The second kappa shape index (κ2) is 8.59. The number of hydrogen-bond acceptors (Lipinski definition) is 5. The van der Waals surface area contributed by atoms with Gasteiger partial charge in [0.2, 0.25) is 0 Å². The van der Waals surface area contributed by atoms with Gasteiger partial charge in [-0.05, 0) is 29.7 Å². The van der Waals surface area contributed by atoms with Crippen LogP contribution < -0.4 is 10.8 Å². The highest BCUT2D eigenvalue weighted by Gasteiger charge is 2.28. The van der Waals surface area contributed by atoms with Crippen molar-refractivity contribution < 1.29 is 23.2 Å². The summed E-state index contributed by atoms with van der Waals surface area (Å²) in [5, 5.41) is 9.78. The third-order valence-corrected chi connectivity index (χ3v) is 5.35. The van der Waals surface area contributed by atoms with Crippen LogP contribution in [0.3, 0.4) is 0 Å². The third kappa shape index (κ3) is 5.14. The van der Waals surface area contributed by atoms with E-state index in [1.54, 1.807) is 12.1 Å². The molecule has 0 aliphatic carbocycles. The normalized spacial score (nSPS) is 12.2. The number of amides is 2. The fourth-order valence-electron chi connectivity index (χ4n) is 2.48. The molecule has 2 aromatic carbocycles. The van der Waals surface area contributed by atoms with Crippen LogP contribution in [0.4, 0.5) is 0 Å². The van der Waals surface area contributed by atoms with Crippen LogP contribution in [0, 0.1) is 0 Å². The zero-order valence-electron chi connectivity index (χ0n) is 14.2. The smallest absolute Gasteiger partial charge is 0.261 e. The Balaban J connectivity index is 1.96. The minimum atomic E-state index is -3.70. The zero-order chi connectivity index (χ0) is 19.2. The quantitative estimate of drug-likeness (QED) is 0.499. The lowest BCUT2D eigenvalue weighted by molar-refractivity contribution is -0.128. The summed E-state index contributed by atoms with van der Waals surface area (Å²) in [5.74, 6) is -1.39. The number of hydroxylamine groups is 1. The number of carbonyl (C=O) groups excluding carboxylic acids is 2. The molecule has 0 saturated carbocycles. The molecule has 0 saturated heterocycles. The van der Waals surface area contributed by atoms with Crippen molar-refractivity contribution in [2.75, 3.05) is 12.8 Å². The van der Waals surface area contributed by atoms with E-state index in [2.05, 4.69) is 5.32 Å². The van der Waals surface area contributed by atoms with Gasteiger partial charge in [0.05, 0.1) is 0 Å². The topological polar surface area (TPSA) is 113 Å². The maximum absolute atomic E-state index is 12.2. The van der Waals surface area contributed by atoms with Crippen LogP contribution in [0.2, 0.25) is 0 Å². The Labute approximate surface area is 151 Å². The van der Waals surface area contributed by atoms with Crippen molar-refractivity contribution in [1.82, 2.24) is 10.8 Å². The van der Waals surface area contributed by atoms with Crippen LogP contribution >= 0.6 is 0 Å². The molecule has 0 heterocycles. The molecule has 0 aliphatic rings. The van der Waals surface area contributed by atoms with Crippen LogP contribution in [-0.4, -0.2) is 43.5 Å². The number of nitrogens with one attached hydrogen (secondary N) is 2. The van der Waals surface area contributed by atoms with Crippen molar-refractivity contribution in [2.45, 2.75) is 11.7 Å². The van der Waals surface area contributed by atoms with Gasteiger partial charge in [-0.25, -0.2) is 13.9 Å². The summed E-state index contributed by atoms with van der Waals surface area (Å²) in [6.45, 7) is -0.0234. The van der Waals surface area contributed by atoms with E-state index in [1.807, 2.05) is 42.5 Å². The number of hydrogen-bond donors (Lipinski definition) is 3. The predicted octanol–water partition coefficient (Wildman–Crippen LogP) is 1.39. The summed E-state index contributed by atoms with van der Waals surface area (Å²) in [6, 6.07) is 16.7. The SMILES string of the molecule is CS(=O)(=O)C(CCNC(=O)c1ccc(-c2ccccc2)cc1)C(=O)NO. The van der Waals surface area contributed by atoms with Crippen LogP contribution in [-0.2, 0) is 14.6 Å². The first-order chi connectivity index (χ1) is 12.3. The first-order valence-electron chi connectivity index (χ1n) is 7.89. The highest BCUT2D eigenvalue weighted by atomic mass is 32.2. The van der Waals surface area contributed by atoms with E-state index < -0.39 is 21.0 Å². The van der Waals surface area contributed by atoms with Gasteiger partial charge in [0.1, 0.15) is 5.25 Å². The highest BCUT2D eigenvalue weighted by Crippen LogP contribution is 2.19. The standard InChI is InChI=1S/C18H20N2O5S/c1-26(24,25)16(18(22)20-23)11-12-19-17(21)15-9-7-14(8-10-15)13-5-3-2-4-6-13/h2-10,16,23H,11-12H2,1H3,(H,19,21)(H,20,22). The summed E-state index contributed by atoms with van der Waals surface area (Å²) in [7, 11) is -3.70. The summed E-state index contributed by atoms with van der Waals surface area (Å²) in [4.78, 5) is 23.6. The monoisotopic (exact) mass is 376 g/mol. The Morgan fingerprint density at radius 2 is 1.58 bits per heavy atom. The molecule has 0 fully saturated rings. The van der Waals surface area contributed by atoms with Crippen LogP contribution in [0.5, 0.6) is 0 Å². The van der Waals surface area contributed by atoms with E-state index in [4.69, 9.17) is 5.21 Å². The number of benzene rings is 2. The van der Waals surface area contributed by atoms with Gasteiger partial charge >= 0.3 is 0 Å². The molecule has 1 atom stereocenters. The lowest BCUT2D eigenvalue weighted by Crippen LogP contribution is -2.40. The molecule has 0 aromatic heterocycles. The summed E-state index contributed by atoms with van der Waals surface area (Å²) < 4.78 is 23.1. The van der Waals surface area contributed by atoms with Crippen LogP contribution in [0.1, 0.15) is 16.8 Å². The molecule has 0 radical (unpaired) electrons. The second-order valence-electron chi connectivity index (χ2n) is 5.78. The van der Waals surface area contributed by atoms with Crippen molar-refractivity contribution in [3.8, 4) is 11.1 Å². The lowest BCUT2D eigenvalue weighted by Gasteiger charge is -2.13. The minimum absolute atomic E-state index is 0.0234. The molecule has 8 heteroatoms. The molecular weight excluding hydrogens is 356 g/mol. The number of carbonyl (C=O) groups is 2. The molecule has 0 spiro atoms. The lowest BCUT2D eigenvalue weighted by atomic mass is 10.0. The molecule has 2 aromatic rings. The Bertz CT molecular complexity index is 864. The third-order valence-electron chi connectivity index (χ3n) is 3.87. The molecule has 7 nitrogen and oxygen atoms in total. The van der Waals surface area contributed by atoms with Gasteiger partial charge in [-0.1, -0.05) is 42.5 Å². The van der Waals surface area contributed by atoms with E-state index in [0.29, 0.717) is 5.56 Å². The van der Waals surface area contributed by atoms with E-state index in [1.165, 1.54) is 5.48 Å². The first kappa shape index (κ1) is 19.6. The highest BCUT2D eigenvalue weighted by molar-refractivity contribution is 7.92. The van der Waals surface area contributed by atoms with Gasteiger partial charge in [0, 0.05) is 18.4 Å². The van der Waals surface area contributed by atoms with Crippen molar-refractivity contribution in [1.29, 1.82) is 0 Å². The molecule has 3 N–H and O–H groups in total. The molecule has 2 amide bonds. The summed E-state index contributed by atoms with van der Waals surface area (Å²) >= 11 is 0. The van der Waals surface area contributed by atoms with Gasteiger partial charge < -0.3 is 5.32 Å². The average Bonchev–Trinajstić information content (AvgIpc) is 2.64. The first-order valence-corrected chi connectivity index (χ1v) is 9.85. The van der Waals surface area contributed by atoms with Crippen molar-refractivity contribution in [3.05, 3.63) is 60.2 Å². The minimum Gasteiger partial charge on any atom is -0.352 e.